The van der Waals surface area contributed by atoms with Crippen LogP contribution in [0.5, 0.6) is 5.75 Å². The van der Waals surface area contributed by atoms with Gasteiger partial charge in [0.25, 0.3) is 5.56 Å². The Kier molecular flexibility index (Phi) is 5.30. The number of ether oxygens (including phenoxy) is 1. The number of rotatable bonds is 5. The van der Waals surface area contributed by atoms with E-state index in [0.29, 0.717) is 17.1 Å². The first-order valence-corrected chi connectivity index (χ1v) is 8.87. The molecular formula is C20H23N5O3. The number of carbonyl (C=O) groups is 1. The van der Waals surface area contributed by atoms with Crippen LogP contribution in [0.1, 0.15) is 24.4 Å². The van der Waals surface area contributed by atoms with Gasteiger partial charge in [-0.15, -0.1) is 0 Å². The number of methoxy groups -OCH3 is 1. The normalized spacial score (nSPS) is 11.9. The molecule has 2 aromatic heterocycles. The van der Waals surface area contributed by atoms with E-state index in [9.17, 15) is 9.59 Å². The Balaban J connectivity index is 1.89. The second kappa shape index (κ2) is 7.67. The van der Waals surface area contributed by atoms with E-state index >= 15 is 0 Å². The summed E-state index contributed by atoms with van der Waals surface area (Å²) in [6.07, 6.45) is 0. The van der Waals surface area contributed by atoms with Crippen LogP contribution in [-0.2, 0) is 11.8 Å². The van der Waals surface area contributed by atoms with Crippen LogP contribution in [-0.4, -0.2) is 32.6 Å². The maximum Gasteiger partial charge on any atom is 0.267 e. The van der Waals surface area contributed by atoms with Gasteiger partial charge in [-0.25, -0.2) is 4.68 Å². The van der Waals surface area contributed by atoms with Gasteiger partial charge >= 0.3 is 0 Å². The fourth-order valence-corrected chi connectivity index (χ4v) is 3.01. The number of hydrogen-bond acceptors (Lipinski definition) is 5. The van der Waals surface area contributed by atoms with E-state index in [4.69, 9.17) is 4.74 Å². The van der Waals surface area contributed by atoms with Crippen molar-refractivity contribution < 1.29 is 9.53 Å². The van der Waals surface area contributed by atoms with Gasteiger partial charge in [-0.05, 0) is 51.1 Å². The van der Waals surface area contributed by atoms with Crippen molar-refractivity contribution in [1.29, 1.82) is 0 Å². The summed E-state index contributed by atoms with van der Waals surface area (Å²) in [6.45, 7) is 5.46. The predicted molar refractivity (Wildman–Crippen MR) is 107 cm³/mol. The highest BCUT2D eigenvalue weighted by molar-refractivity contribution is 5.93. The van der Waals surface area contributed by atoms with Crippen LogP contribution in [0.2, 0.25) is 0 Å². The van der Waals surface area contributed by atoms with E-state index in [1.165, 1.54) is 10.7 Å². The highest BCUT2D eigenvalue weighted by Gasteiger charge is 2.20. The largest absolute Gasteiger partial charge is 0.497 e. The lowest BCUT2D eigenvalue weighted by Gasteiger charge is -2.15. The molecule has 8 nitrogen and oxygen atoms in total. The molecule has 0 saturated carbocycles. The SMILES string of the molecule is COc1ccc(NC(=O)C(C)n2nc(-c3c(C)nn(C)c3C)ccc2=O)cc1. The minimum absolute atomic E-state index is 0.337. The smallest absolute Gasteiger partial charge is 0.267 e. The maximum absolute atomic E-state index is 12.6. The first-order valence-electron chi connectivity index (χ1n) is 8.87. The van der Waals surface area contributed by atoms with Gasteiger partial charge in [0.05, 0.1) is 18.5 Å². The lowest BCUT2D eigenvalue weighted by Crippen LogP contribution is -2.33. The Morgan fingerprint density at radius 3 is 2.36 bits per heavy atom. The molecular weight excluding hydrogens is 358 g/mol. The molecule has 146 valence electrons. The Bertz CT molecular complexity index is 1070. The highest BCUT2D eigenvalue weighted by Crippen LogP contribution is 2.24. The van der Waals surface area contributed by atoms with E-state index in [2.05, 4.69) is 15.5 Å². The van der Waals surface area contributed by atoms with E-state index < -0.39 is 6.04 Å². The molecule has 1 N–H and O–H groups in total. The molecule has 2 heterocycles. The van der Waals surface area contributed by atoms with Crippen molar-refractivity contribution in [3.63, 3.8) is 0 Å². The van der Waals surface area contributed by atoms with E-state index in [-0.39, 0.29) is 11.5 Å². The fraction of sp³-hybridized carbons (Fsp3) is 0.300. The molecule has 0 aliphatic carbocycles. The van der Waals surface area contributed by atoms with Gasteiger partial charge in [0.1, 0.15) is 11.8 Å². The third-order valence-corrected chi connectivity index (χ3v) is 4.69. The van der Waals surface area contributed by atoms with Crippen LogP contribution >= 0.6 is 0 Å². The molecule has 1 aromatic carbocycles. The van der Waals surface area contributed by atoms with Gasteiger partial charge in [0.2, 0.25) is 5.91 Å². The second-order valence-electron chi connectivity index (χ2n) is 6.56. The predicted octanol–water partition coefficient (Wildman–Crippen LogP) is 2.47. The Labute approximate surface area is 162 Å². The number of aromatic nitrogens is 4. The quantitative estimate of drug-likeness (QED) is 0.733. The summed E-state index contributed by atoms with van der Waals surface area (Å²) in [5.74, 6) is 0.357. The van der Waals surface area contributed by atoms with Gasteiger partial charge in [-0.2, -0.15) is 10.2 Å². The zero-order chi connectivity index (χ0) is 20.4. The van der Waals surface area contributed by atoms with Crippen molar-refractivity contribution in [2.24, 2.45) is 7.05 Å². The topological polar surface area (TPSA) is 91.0 Å². The van der Waals surface area contributed by atoms with Crippen LogP contribution in [0.25, 0.3) is 11.3 Å². The molecule has 0 aliphatic heterocycles. The summed E-state index contributed by atoms with van der Waals surface area (Å²) in [5.41, 5.74) is 3.48. The molecule has 3 aromatic rings. The van der Waals surface area contributed by atoms with E-state index in [1.807, 2.05) is 20.9 Å². The number of nitrogens with zero attached hydrogens (tertiary/aromatic N) is 4. The lowest BCUT2D eigenvalue weighted by atomic mass is 10.1. The van der Waals surface area contributed by atoms with Gasteiger partial charge in [0, 0.05) is 30.1 Å². The van der Waals surface area contributed by atoms with Crippen LogP contribution < -0.4 is 15.6 Å². The van der Waals surface area contributed by atoms with E-state index in [1.54, 1.807) is 49.0 Å². The number of carbonyl (C=O) groups excluding carboxylic acids is 1. The van der Waals surface area contributed by atoms with Crippen molar-refractivity contribution in [2.75, 3.05) is 12.4 Å². The molecule has 0 saturated heterocycles. The summed E-state index contributed by atoms with van der Waals surface area (Å²) < 4.78 is 8.07. The Morgan fingerprint density at radius 1 is 1.11 bits per heavy atom. The minimum atomic E-state index is -0.785. The van der Waals surface area contributed by atoms with Crippen molar-refractivity contribution in [3.05, 3.63) is 58.1 Å². The number of benzene rings is 1. The molecule has 0 bridgehead atoms. The summed E-state index contributed by atoms with van der Waals surface area (Å²) in [6, 6.07) is 9.26. The Hall–Kier alpha value is -3.42. The van der Waals surface area contributed by atoms with E-state index in [0.717, 1.165) is 17.0 Å². The summed E-state index contributed by atoms with van der Waals surface area (Å²) in [7, 11) is 3.43. The van der Waals surface area contributed by atoms with Crippen molar-refractivity contribution in [3.8, 4) is 17.0 Å². The highest BCUT2D eigenvalue weighted by atomic mass is 16.5. The standard InChI is InChI=1S/C20H23N5O3/c1-12-19(13(2)24(4)22-12)17-10-11-18(26)25(23-17)14(3)20(27)21-15-6-8-16(28-5)9-7-15/h6-11,14H,1-5H3,(H,21,27). The number of nitrogens with one attached hydrogen (secondary N) is 1. The summed E-state index contributed by atoms with van der Waals surface area (Å²) >= 11 is 0. The van der Waals surface area contributed by atoms with Gasteiger partial charge in [-0.3, -0.25) is 14.3 Å². The first-order chi connectivity index (χ1) is 13.3. The average molecular weight is 381 g/mol. The zero-order valence-corrected chi connectivity index (χ0v) is 16.6. The maximum atomic E-state index is 12.6. The minimum Gasteiger partial charge on any atom is -0.497 e. The van der Waals surface area contributed by atoms with Gasteiger partial charge in [-0.1, -0.05) is 0 Å². The monoisotopic (exact) mass is 381 g/mol. The molecule has 0 spiro atoms. The molecule has 28 heavy (non-hydrogen) atoms. The molecule has 8 heteroatoms. The molecule has 1 atom stereocenters. The van der Waals surface area contributed by atoms with Gasteiger partial charge < -0.3 is 10.1 Å². The number of amides is 1. The zero-order valence-electron chi connectivity index (χ0n) is 16.6. The first kappa shape index (κ1) is 19.3. The van der Waals surface area contributed by atoms with Crippen molar-refractivity contribution in [2.45, 2.75) is 26.8 Å². The van der Waals surface area contributed by atoms with Crippen LogP contribution in [0.4, 0.5) is 5.69 Å². The third-order valence-electron chi connectivity index (χ3n) is 4.69. The third kappa shape index (κ3) is 3.66. The Morgan fingerprint density at radius 2 is 1.79 bits per heavy atom. The number of aryl methyl sites for hydroxylation is 2. The summed E-state index contributed by atoms with van der Waals surface area (Å²) in [5, 5.41) is 11.6. The van der Waals surface area contributed by atoms with Crippen LogP contribution in [0.3, 0.4) is 0 Å². The summed E-state index contributed by atoms with van der Waals surface area (Å²) in [4.78, 5) is 25.0. The van der Waals surface area contributed by atoms with Crippen molar-refractivity contribution in [1.82, 2.24) is 19.6 Å². The lowest BCUT2D eigenvalue weighted by molar-refractivity contribution is -0.119. The molecule has 1 amide bonds. The molecule has 0 fully saturated rings. The fourth-order valence-electron chi connectivity index (χ4n) is 3.01. The van der Waals surface area contributed by atoms with Gasteiger partial charge in [0.15, 0.2) is 0 Å². The van der Waals surface area contributed by atoms with Crippen LogP contribution in [0, 0.1) is 13.8 Å². The molecule has 0 aliphatic rings. The number of hydrogen-bond donors (Lipinski definition) is 1. The average Bonchev–Trinajstić information content (AvgIpc) is 2.94. The molecule has 0 radical (unpaired) electrons. The second-order valence-corrected chi connectivity index (χ2v) is 6.56. The molecule has 1 unspecified atom stereocenters. The number of anilines is 1. The molecule has 3 rings (SSSR count). The van der Waals surface area contributed by atoms with Crippen molar-refractivity contribution >= 4 is 11.6 Å². The van der Waals surface area contributed by atoms with Crippen LogP contribution in [0.15, 0.2) is 41.2 Å².